The number of thioether (sulfide) groups is 1. The van der Waals surface area contributed by atoms with Crippen molar-refractivity contribution in [2.45, 2.75) is 76.5 Å². The van der Waals surface area contributed by atoms with Crippen LogP contribution in [0, 0.1) is 0 Å². The van der Waals surface area contributed by atoms with Crippen molar-refractivity contribution in [2.24, 2.45) is 0 Å². The predicted molar refractivity (Wildman–Crippen MR) is 208 cm³/mol. The summed E-state index contributed by atoms with van der Waals surface area (Å²) in [6, 6.07) is 27.3. The first-order chi connectivity index (χ1) is 24.6. The number of carbonyl (C=O) groups is 1. The van der Waals surface area contributed by atoms with E-state index in [-0.39, 0.29) is 5.91 Å². The topological polar surface area (TPSA) is 65.4 Å². The first-order valence-corrected chi connectivity index (χ1v) is 19.2. The molecule has 1 aromatic heterocycles. The van der Waals surface area contributed by atoms with Gasteiger partial charge in [-0.05, 0) is 92.4 Å². The number of allylic oxidation sites excluding steroid dienone is 2. The van der Waals surface area contributed by atoms with Gasteiger partial charge in [0.15, 0.2) is 0 Å². The van der Waals surface area contributed by atoms with E-state index in [1.807, 2.05) is 42.9 Å². The molecule has 1 atom stereocenters. The zero-order valence-electron chi connectivity index (χ0n) is 30.0. The minimum Gasteiger partial charge on any atom is -0.491 e. The summed E-state index contributed by atoms with van der Waals surface area (Å²) in [6.45, 7) is 11.3. The minimum atomic E-state index is -0.0513. The standard InChI is InChI=1S/C42H52N4O3S/c1-4-7-28-48-29-30-49-39-20-15-34(16-21-39)41-24-17-35(12-11-27-46(41,26-6-3)38-13-9-8-10-14-38)42(47)44-36-18-22-40(23-19-36)50-32-37-31-43-33-45(37)25-5-2/h8-10,13-24,31,33H,4-7,11-12,25-30,32H2,1-3H3/p+1. The van der Waals surface area contributed by atoms with E-state index in [2.05, 4.69) is 96.3 Å². The van der Waals surface area contributed by atoms with Crippen LogP contribution in [-0.4, -0.2) is 48.4 Å². The van der Waals surface area contributed by atoms with Crippen molar-refractivity contribution in [1.29, 1.82) is 0 Å². The van der Waals surface area contributed by atoms with Gasteiger partial charge in [0, 0.05) is 65.0 Å². The number of ether oxygens (including phenoxy) is 2. The van der Waals surface area contributed by atoms with Gasteiger partial charge in [0.2, 0.25) is 0 Å². The lowest BCUT2D eigenvalue weighted by Gasteiger charge is -2.40. The first kappa shape index (κ1) is 37.2. The maximum atomic E-state index is 13.7. The molecule has 1 amide bonds. The molecule has 1 N–H and O–H groups in total. The number of carbonyl (C=O) groups excluding carboxylic acids is 1. The summed E-state index contributed by atoms with van der Waals surface area (Å²) < 4.78 is 14.6. The second-order valence-corrected chi connectivity index (χ2v) is 13.8. The number of amides is 1. The molecule has 1 unspecified atom stereocenters. The lowest BCUT2D eigenvalue weighted by atomic mass is 9.98. The maximum Gasteiger partial charge on any atom is 0.251 e. The molecular weight excluding hydrogens is 641 g/mol. The van der Waals surface area contributed by atoms with Gasteiger partial charge in [0.25, 0.3) is 5.91 Å². The number of anilines is 1. The third-order valence-corrected chi connectivity index (χ3v) is 10.1. The SMILES string of the molecule is CCCCOCCOc1ccc(C2=CC=C(C(=O)Nc3ccc(SCc4cncn4CCC)cc3)CCC[N+]2(CCC)c2ccccc2)cc1. The molecule has 0 fully saturated rings. The highest BCUT2D eigenvalue weighted by atomic mass is 32.2. The Hall–Kier alpha value is -4.11. The molecule has 3 aromatic carbocycles. The number of hydrogen-bond acceptors (Lipinski definition) is 5. The fraction of sp³-hybridized carbons (Fsp3) is 0.381. The molecule has 8 heteroatoms. The summed E-state index contributed by atoms with van der Waals surface area (Å²) >= 11 is 1.78. The molecule has 1 aliphatic heterocycles. The molecule has 7 nitrogen and oxygen atoms in total. The van der Waals surface area contributed by atoms with Crippen molar-refractivity contribution in [3.8, 4) is 5.75 Å². The van der Waals surface area contributed by atoms with Gasteiger partial charge in [-0.25, -0.2) is 4.98 Å². The van der Waals surface area contributed by atoms with Crippen LogP contribution in [-0.2, 0) is 21.8 Å². The summed E-state index contributed by atoms with van der Waals surface area (Å²) in [7, 11) is 0. The average Bonchev–Trinajstić information content (AvgIpc) is 3.58. The average molecular weight is 694 g/mol. The van der Waals surface area contributed by atoms with E-state index in [0.717, 1.165) is 96.1 Å². The van der Waals surface area contributed by atoms with Crippen molar-refractivity contribution in [1.82, 2.24) is 14.0 Å². The Bertz CT molecular complexity index is 1680. The Balaban J connectivity index is 1.33. The fourth-order valence-corrected chi connectivity index (χ4v) is 7.41. The third-order valence-electron chi connectivity index (χ3n) is 9.09. The van der Waals surface area contributed by atoms with Crippen LogP contribution < -0.4 is 14.5 Å². The highest BCUT2D eigenvalue weighted by Crippen LogP contribution is 2.38. The van der Waals surface area contributed by atoms with Crippen molar-refractivity contribution in [3.05, 3.63) is 120 Å². The quantitative estimate of drug-likeness (QED) is 0.0639. The summed E-state index contributed by atoms with van der Waals surface area (Å²) in [4.78, 5) is 19.1. The van der Waals surface area contributed by atoms with E-state index in [1.54, 1.807) is 11.8 Å². The number of benzene rings is 3. The summed E-state index contributed by atoms with van der Waals surface area (Å²) in [5.74, 6) is 1.64. The number of para-hydroxylation sites is 1. The summed E-state index contributed by atoms with van der Waals surface area (Å²) in [5.41, 5.74) is 6.38. The van der Waals surface area contributed by atoms with Crippen molar-refractivity contribution >= 4 is 34.7 Å². The number of rotatable bonds is 18. The third kappa shape index (κ3) is 9.99. The molecule has 0 aliphatic carbocycles. The van der Waals surface area contributed by atoms with Gasteiger partial charge in [-0.15, -0.1) is 11.8 Å². The second-order valence-electron chi connectivity index (χ2n) is 12.8. The highest BCUT2D eigenvalue weighted by molar-refractivity contribution is 7.98. The van der Waals surface area contributed by atoms with Crippen LogP contribution in [0.5, 0.6) is 5.75 Å². The van der Waals surface area contributed by atoms with Crippen LogP contribution in [0.25, 0.3) is 5.70 Å². The van der Waals surface area contributed by atoms with Crippen molar-refractivity contribution in [2.75, 3.05) is 38.2 Å². The number of hydrogen-bond donors (Lipinski definition) is 1. The number of nitrogens with zero attached hydrogens (tertiary/aromatic N) is 3. The lowest BCUT2D eigenvalue weighted by Crippen LogP contribution is -2.49. The van der Waals surface area contributed by atoms with Crippen LogP contribution in [0.15, 0.2) is 114 Å². The van der Waals surface area contributed by atoms with Crippen LogP contribution >= 0.6 is 11.8 Å². The van der Waals surface area contributed by atoms with E-state index in [0.29, 0.717) is 19.6 Å². The maximum absolute atomic E-state index is 13.7. The van der Waals surface area contributed by atoms with E-state index in [4.69, 9.17) is 9.47 Å². The molecule has 0 radical (unpaired) electrons. The second kappa shape index (κ2) is 19.3. The van der Waals surface area contributed by atoms with Gasteiger partial charge in [-0.2, -0.15) is 0 Å². The van der Waals surface area contributed by atoms with Gasteiger partial charge in [-0.1, -0.05) is 45.4 Å². The minimum absolute atomic E-state index is 0.0513. The summed E-state index contributed by atoms with van der Waals surface area (Å²) in [6.07, 6.45) is 14.0. The molecule has 4 aromatic rings. The number of quaternary nitrogens is 1. The Morgan fingerprint density at radius 3 is 2.44 bits per heavy atom. The van der Waals surface area contributed by atoms with Gasteiger partial charge >= 0.3 is 0 Å². The zero-order valence-corrected chi connectivity index (χ0v) is 30.8. The van der Waals surface area contributed by atoms with Gasteiger partial charge in [-0.3, -0.25) is 9.28 Å². The van der Waals surface area contributed by atoms with Crippen LogP contribution in [0.3, 0.4) is 0 Å². The van der Waals surface area contributed by atoms with Crippen LogP contribution in [0.2, 0.25) is 0 Å². The van der Waals surface area contributed by atoms with Gasteiger partial charge in [0.1, 0.15) is 23.7 Å². The molecule has 5 rings (SSSR count). The van der Waals surface area contributed by atoms with Crippen molar-refractivity contribution in [3.63, 3.8) is 0 Å². The first-order valence-electron chi connectivity index (χ1n) is 18.2. The fourth-order valence-electron chi connectivity index (χ4n) is 6.53. The summed E-state index contributed by atoms with van der Waals surface area (Å²) in [5, 5.41) is 3.17. The number of aryl methyl sites for hydroxylation is 1. The number of aromatic nitrogens is 2. The molecule has 50 heavy (non-hydrogen) atoms. The Kier molecular flexibility index (Phi) is 14.4. The van der Waals surface area contributed by atoms with E-state index >= 15 is 0 Å². The highest BCUT2D eigenvalue weighted by Gasteiger charge is 2.36. The van der Waals surface area contributed by atoms with Gasteiger partial charge < -0.3 is 19.4 Å². The molecule has 0 bridgehead atoms. The number of imidazole rings is 1. The number of nitrogens with one attached hydrogen (secondary N) is 1. The Morgan fingerprint density at radius 1 is 0.900 bits per heavy atom. The van der Waals surface area contributed by atoms with E-state index in [1.165, 1.54) is 17.1 Å². The molecular formula is C42H53N4O3S+. The molecule has 0 spiro atoms. The zero-order chi connectivity index (χ0) is 35.0. The van der Waals surface area contributed by atoms with Crippen molar-refractivity contribution < 1.29 is 14.3 Å². The monoisotopic (exact) mass is 693 g/mol. The van der Waals surface area contributed by atoms with Crippen LogP contribution in [0.1, 0.15) is 70.6 Å². The smallest absolute Gasteiger partial charge is 0.251 e. The molecule has 2 heterocycles. The van der Waals surface area contributed by atoms with Crippen LogP contribution in [0.4, 0.5) is 11.4 Å². The normalized spacial score (nSPS) is 16.2. The lowest BCUT2D eigenvalue weighted by molar-refractivity contribution is -0.113. The number of unbranched alkanes of at least 4 members (excludes halogenated alkanes) is 1. The van der Waals surface area contributed by atoms with E-state index < -0.39 is 0 Å². The largest absolute Gasteiger partial charge is 0.491 e. The molecule has 0 saturated heterocycles. The van der Waals surface area contributed by atoms with Gasteiger partial charge in [0.05, 0.1) is 26.0 Å². The molecule has 0 saturated carbocycles. The Morgan fingerprint density at radius 2 is 1.70 bits per heavy atom. The molecule has 1 aliphatic rings. The predicted octanol–water partition coefficient (Wildman–Crippen LogP) is 9.90. The van der Waals surface area contributed by atoms with E-state index in [9.17, 15) is 4.79 Å². The Labute approximate surface area is 303 Å². The molecule has 264 valence electrons.